The van der Waals surface area contributed by atoms with E-state index in [0.29, 0.717) is 13.0 Å². The fourth-order valence-corrected chi connectivity index (χ4v) is 3.70. The average Bonchev–Trinajstić information content (AvgIpc) is 3.11. The molecule has 0 aliphatic carbocycles. The van der Waals surface area contributed by atoms with Crippen LogP contribution in [0.15, 0.2) is 48.5 Å². The molecule has 1 amide bonds. The minimum Gasteiger partial charge on any atom is -0.517 e. The number of rotatable bonds is 10. The fraction of sp³-hybridized carbons (Fsp3) is 0.458. The fourth-order valence-electron chi connectivity index (χ4n) is 3.70. The number of anilines is 1. The van der Waals surface area contributed by atoms with Crippen LogP contribution in [0, 0.1) is 6.07 Å². The number of unbranched alkanes of at least 4 members (excludes halogenated alkanes) is 3. The Morgan fingerprint density at radius 1 is 1.14 bits per heavy atom. The summed E-state index contributed by atoms with van der Waals surface area (Å²) in [6, 6.07) is 18.1. The zero-order valence-corrected chi connectivity index (χ0v) is 20.1. The summed E-state index contributed by atoms with van der Waals surface area (Å²) in [5.41, 5.74) is 1.79. The van der Waals surface area contributed by atoms with Gasteiger partial charge in [-0.1, -0.05) is 44.7 Å². The van der Waals surface area contributed by atoms with E-state index < -0.39 is 6.10 Å². The molecule has 1 fully saturated rings. The second-order valence-electron chi connectivity index (χ2n) is 7.46. The Labute approximate surface area is 199 Å². The molecule has 2 atom stereocenters. The maximum Gasteiger partial charge on any atom is 0.227 e. The maximum absolute atomic E-state index is 12.4. The molecule has 1 unspecified atom stereocenters. The van der Waals surface area contributed by atoms with E-state index in [1.165, 1.54) is 12.8 Å². The van der Waals surface area contributed by atoms with E-state index in [1.54, 1.807) is 0 Å². The van der Waals surface area contributed by atoms with Gasteiger partial charge in [-0.15, -0.1) is 12.1 Å². The van der Waals surface area contributed by atoms with Crippen molar-refractivity contribution < 1.29 is 47.3 Å². The van der Waals surface area contributed by atoms with Crippen LogP contribution in [0.4, 0.5) is 5.69 Å². The van der Waals surface area contributed by atoms with Gasteiger partial charge in [0.2, 0.25) is 5.91 Å². The second-order valence-corrected chi connectivity index (χ2v) is 7.46. The summed E-state index contributed by atoms with van der Waals surface area (Å²) in [4.78, 5) is 14.3. The van der Waals surface area contributed by atoms with Gasteiger partial charge < -0.3 is 14.7 Å². The molecule has 1 aliphatic rings. The number of aliphatic hydroxyl groups excluding tert-OH is 1. The standard InChI is InChI=1S/C24H30NO3.Y/c1-2-3-4-8-11-23(26)19-12-14-20(15-13-19)25-21(16-17-24(25)27)18-28-22-9-6-5-7-10-22;/h6-7,9-10,12-15,21,23,26H,2-4,8,11,16-18H2,1H3;/q-1;/t21-,23?;/m1./s1. The Morgan fingerprint density at radius 2 is 1.86 bits per heavy atom. The summed E-state index contributed by atoms with van der Waals surface area (Å²) in [5.74, 6) is 0.919. The zero-order chi connectivity index (χ0) is 19.8. The summed E-state index contributed by atoms with van der Waals surface area (Å²) >= 11 is 0. The van der Waals surface area contributed by atoms with Gasteiger partial charge in [-0.25, -0.2) is 0 Å². The first-order chi connectivity index (χ1) is 13.7. The van der Waals surface area contributed by atoms with E-state index in [2.05, 4.69) is 13.0 Å². The van der Waals surface area contributed by atoms with Gasteiger partial charge in [0.25, 0.3) is 0 Å². The first-order valence-corrected chi connectivity index (χ1v) is 10.4. The van der Waals surface area contributed by atoms with Gasteiger partial charge in [-0.05, 0) is 30.5 Å². The molecular weight excluding hydrogens is 439 g/mol. The monoisotopic (exact) mass is 469 g/mol. The molecule has 0 aromatic heterocycles. The van der Waals surface area contributed by atoms with E-state index in [9.17, 15) is 9.90 Å². The molecule has 153 valence electrons. The minimum absolute atomic E-state index is 0. The molecule has 3 rings (SSSR count). The van der Waals surface area contributed by atoms with E-state index in [4.69, 9.17) is 4.74 Å². The number of benzene rings is 2. The average molecular weight is 469 g/mol. The van der Waals surface area contributed by atoms with Gasteiger partial charge in [-0.2, -0.15) is 18.2 Å². The predicted molar refractivity (Wildman–Crippen MR) is 111 cm³/mol. The maximum atomic E-state index is 12.4. The number of hydrogen-bond donors (Lipinski definition) is 1. The van der Waals surface area contributed by atoms with E-state index in [1.807, 2.05) is 53.4 Å². The zero-order valence-electron chi connectivity index (χ0n) is 17.2. The Balaban J connectivity index is 0.00000300. The molecule has 0 spiro atoms. The van der Waals surface area contributed by atoms with Gasteiger partial charge in [-0.3, -0.25) is 4.79 Å². The van der Waals surface area contributed by atoms with Crippen LogP contribution in [0.25, 0.3) is 0 Å². The number of ether oxygens (including phenoxy) is 1. The van der Waals surface area contributed by atoms with Crippen LogP contribution in [-0.4, -0.2) is 23.7 Å². The second kappa shape index (κ2) is 12.5. The van der Waals surface area contributed by atoms with Crippen molar-refractivity contribution in [1.29, 1.82) is 0 Å². The molecule has 2 aromatic carbocycles. The molecule has 0 bridgehead atoms. The van der Waals surface area contributed by atoms with Crippen molar-refractivity contribution in [3.05, 3.63) is 60.2 Å². The molecular formula is C24H30NO3Y-. The van der Waals surface area contributed by atoms with Crippen molar-refractivity contribution in [2.24, 2.45) is 0 Å². The van der Waals surface area contributed by atoms with Gasteiger partial charge >= 0.3 is 0 Å². The van der Waals surface area contributed by atoms with Crippen LogP contribution in [-0.2, 0) is 37.5 Å². The van der Waals surface area contributed by atoms with Crippen molar-refractivity contribution in [2.75, 3.05) is 11.5 Å². The van der Waals surface area contributed by atoms with Gasteiger partial charge in [0.15, 0.2) is 0 Å². The molecule has 4 nitrogen and oxygen atoms in total. The van der Waals surface area contributed by atoms with Crippen LogP contribution in [0.5, 0.6) is 5.75 Å². The van der Waals surface area contributed by atoms with Gasteiger partial charge in [0.05, 0.1) is 12.1 Å². The van der Waals surface area contributed by atoms with Gasteiger partial charge in [0, 0.05) is 50.6 Å². The minimum atomic E-state index is -0.436. The van der Waals surface area contributed by atoms with E-state index >= 15 is 0 Å². The summed E-state index contributed by atoms with van der Waals surface area (Å²) in [6.45, 7) is 2.66. The van der Waals surface area contributed by atoms with Gasteiger partial charge in [0.1, 0.15) is 6.61 Å². The van der Waals surface area contributed by atoms with Crippen LogP contribution >= 0.6 is 0 Å². The molecule has 1 radical (unpaired) electrons. The Morgan fingerprint density at radius 3 is 2.55 bits per heavy atom. The third-order valence-electron chi connectivity index (χ3n) is 5.34. The van der Waals surface area contributed by atoms with Crippen molar-refractivity contribution in [3.63, 3.8) is 0 Å². The number of hydrogen-bond acceptors (Lipinski definition) is 3. The number of nitrogens with zero attached hydrogens (tertiary/aromatic N) is 1. The van der Waals surface area contributed by atoms with E-state index in [-0.39, 0.29) is 44.7 Å². The molecule has 5 heteroatoms. The topological polar surface area (TPSA) is 49.8 Å². The van der Waals surface area contributed by atoms with Crippen LogP contribution in [0.2, 0.25) is 0 Å². The third kappa shape index (κ3) is 6.91. The molecule has 1 N–H and O–H groups in total. The van der Waals surface area contributed by atoms with Crippen LogP contribution < -0.4 is 9.64 Å². The molecule has 2 aromatic rings. The molecule has 1 aliphatic heterocycles. The molecule has 1 heterocycles. The number of carbonyl (C=O) groups is 1. The smallest absolute Gasteiger partial charge is 0.227 e. The van der Waals surface area contributed by atoms with Crippen LogP contribution in [0.1, 0.15) is 63.5 Å². The predicted octanol–water partition coefficient (Wildman–Crippen LogP) is 5.06. The number of amides is 1. The Bertz CT molecular complexity index is 736. The first kappa shape index (κ1) is 24.0. The summed E-state index contributed by atoms with van der Waals surface area (Å²) < 4.78 is 5.86. The van der Waals surface area contributed by atoms with Crippen molar-refractivity contribution in [2.45, 2.75) is 64.0 Å². The summed E-state index contributed by atoms with van der Waals surface area (Å²) in [5, 5.41) is 10.4. The van der Waals surface area contributed by atoms with Crippen LogP contribution in [0.3, 0.4) is 0 Å². The largest absolute Gasteiger partial charge is 0.517 e. The first-order valence-electron chi connectivity index (χ1n) is 10.4. The normalized spacial score (nSPS) is 17.1. The quantitative estimate of drug-likeness (QED) is 0.391. The SMILES string of the molecule is CCCCCCC(O)c1ccc(N2C(=O)CC[C@@H]2COc2cc[c-]cc2)cc1.[Y]. The summed E-state index contributed by atoms with van der Waals surface area (Å²) in [7, 11) is 0. The number of aliphatic hydroxyl groups is 1. The van der Waals surface area contributed by atoms with Crippen molar-refractivity contribution in [3.8, 4) is 5.75 Å². The Hall–Kier alpha value is -1.23. The molecule has 29 heavy (non-hydrogen) atoms. The van der Waals surface area contributed by atoms with E-state index in [0.717, 1.165) is 42.7 Å². The molecule has 1 saturated heterocycles. The van der Waals surface area contributed by atoms with Crippen molar-refractivity contribution >= 4 is 11.6 Å². The Kier molecular flexibility index (Phi) is 10.3. The number of carbonyl (C=O) groups excluding carboxylic acids is 1. The molecule has 0 saturated carbocycles. The van der Waals surface area contributed by atoms with Crippen molar-refractivity contribution in [1.82, 2.24) is 0 Å². The summed E-state index contributed by atoms with van der Waals surface area (Å²) in [6.07, 6.45) is 6.29. The third-order valence-corrected chi connectivity index (χ3v) is 5.34.